The maximum absolute atomic E-state index is 5.86. The number of nitrogens with two attached hydrogens (primary N) is 1. The normalized spacial score (nSPS) is 19.3. The smallest absolute Gasteiger partial charge is 0.0511 e. The van der Waals surface area contributed by atoms with E-state index in [1.807, 2.05) is 6.92 Å². The van der Waals surface area contributed by atoms with E-state index in [0.717, 1.165) is 26.1 Å². The molecule has 2 rings (SSSR count). The van der Waals surface area contributed by atoms with Gasteiger partial charge in [-0.1, -0.05) is 6.07 Å². The Morgan fingerprint density at radius 3 is 2.74 bits per heavy atom. The van der Waals surface area contributed by atoms with Crippen LogP contribution in [0.3, 0.4) is 0 Å². The van der Waals surface area contributed by atoms with Crippen molar-refractivity contribution in [2.45, 2.75) is 25.8 Å². The molecule has 2 N–H and O–H groups in total. The average molecular weight is 326 g/mol. The zero-order valence-corrected chi connectivity index (χ0v) is 13.5. The fourth-order valence-electron chi connectivity index (χ4n) is 2.59. The predicted octanol–water partition coefficient (Wildman–Crippen LogP) is 2.48. The van der Waals surface area contributed by atoms with Gasteiger partial charge in [-0.3, -0.25) is 0 Å². The van der Waals surface area contributed by atoms with Crippen molar-refractivity contribution in [3.05, 3.63) is 28.2 Å². The summed E-state index contributed by atoms with van der Waals surface area (Å²) >= 11 is 3.72. The number of hydrogen-bond donors (Lipinski definition) is 1. The average Bonchev–Trinajstić information content (AvgIpc) is 2.54. The van der Waals surface area contributed by atoms with Crippen LogP contribution in [-0.4, -0.2) is 44.2 Å². The molecule has 0 amide bonds. The van der Waals surface area contributed by atoms with Crippen LogP contribution in [0.1, 0.15) is 18.9 Å². The lowest BCUT2D eigenvalue weighted by Gasteiger charge is -2.24. The Bertz CT molecular complexity index is 420. The molecule has 0 radical (unpaired) electrons. The summed E-state index contributed by atoms with van der Waals surface area (Å²) in [6.07, 6.45) is 2.16. The highest BCUT2D eigenvalue weighted by Crippen LogP contribution is 2.28. The van der Waals surface area contributed by atoms with Crippen LogP contribution in [0, 0.1) is 0 Å². The second kappa shape index (κ2) is 6.73. The number of halogens is 1. The van der Waals surface area contributed by atoms with Crippen molar-refractivity contribution < 1.29 is 0 Å². The summed E-state index contributed by atoms with van der Waals surface area (Å²) in [4.78, 5) is 4.88. The lowest BCUT2D eigenvalue weighted by molar-refractivity contribution is 0.360. The molecule has 4 heteroatoms. The highest BCUT2D eigenvalue weighted by molar-refractivity contribution is 9.10. The van der Waals surface area contributed by atoms with Crippen molar-refractivity contribution in [2.24, 2.45) is 5.73 Å². The quantitative estimate of drug-likeness (QED) is 0.926. The van der Waals surface area contributed by atoms with E-state index in [0.29, 0.717) is 0 Å². The topological polar surface area (TPSA) is 32.5 Å². The Balaban J connectivity index is 2.11. The maximum Gasteiger partial charge on any atom is 0.0511 e. The van der Waals surface area contributed by atoms with Gasteiger partial charge in [0.1, 0.15) is 0 Å². The maximum atomic E-state index is 5.86. The third kappa shape index (κ3) is 4.20. The van der Waals surface area contributed by atoms with E-state index in [1.54, 1.807) is 0 Å². The summed E-state index contributed by atoms with van der Waals surface area (Å²) in [7, 11) is 2.20. The van der Waals surface area contributed by atoms with Crippen molar-refractivity contribution in [1.29, 1.82) is 0 Å². The van der Waals surface area contributed by atoms with E-state index in [1.165, 1.54) is 28.7 Å². The Morgan fingerprint density at radius 1 is 1.26 bits per heavy atom. The van der Waals surface area contributed by atoms with Gasteiger partial charge in [0.25, 0.3) is 0 Å². The summed E-state index contributed by atoms with van der Waals surface area (Å²) in [5.41, 5.74) is 8.47. The van der Waals surface area contributed by atoms with Crippen LogP contribution in [-0.2, 0) is 6.42 Å². The van der Waals surface area contributed by atoms with Crippen LogP contribution >= 0.6 is 15.9 Å². The van der Waals surface area contributed by atoms with Crippen molar-refractivity contribution in [3.63, 3.8) is 0 Å². The number of anilines is 1. The van der Waals surface area contributed by atoms with Crippen molar-refractivity contribution in [3.8, 4) is 0 Å². The minimum absolute atomic E-state index is 0.213. The third-order valence-electron chi connectivity index (χ3n) is 3.63. The molecule has 0 bridgehead atoms. The molecule has 1 unspecified atom stereocenters. The second-order valence-electron chi connectivity index (χ2n) is 5.61. The van der Waals surface area contributed by atoms with Gasteiger partial charge in [0, 0.05) is 30.1 Å². The first-order valence-electron chi connectivity index (χ1n) is 7.04. The number of hydrogen-bond acceptors (Lipinski definition) is 3. The van der Waals surface area contributed by atoms with Gasteiger partial charge in [-0.05, 0) is 67.0 Å². The van der Waals surface area contributed by atoms with Crippen molar-refractivity contribution in [2.75, 3.05) is 38.1 Å². The Hall–Kier alpha value is -0.580. The molecule has 1 atom stereocenters. The molecule has 0 aromatic heterocycles. The largest absolute Gasteiger partial charge is 0.369 e. The number of benzene rings is 1. The van der Waals surface area contributed by atoms with Crippen LogP contribution in [0.5, 0.6) is 0 Å². The molecule has 0 aliphatic carbocycles. The van der Waals surface area contributed by atoms with E-state index in [9.17, 15) is 0 Å². The molecule has 3 nitrogen and oxygen atoms in total. The molecule has 1 saturated heterocycles. The van der Waals surface area contributed by atoms with Crippen LogP contribution in [0.25, 0.3) is 0 Å². The van der Waals surface area contributed by atoms with E-state index < -0.39 is 0 Å². The highest BCUT2D eigenvalue weighted by atomic mass is 79.9. The zero-order valence-electron chi connectivity index (χ0n) is 11.9. The summed E-state index contributed by atoms with van der Waals surface area (Å²) in [6, 6.07) is 6.86. The van der Waals surface area contributed by atoms with E-state index in [4.69, 9.17) is 5.73 Å². The minimum atomic E-state index is 0.213. The van der Waals surface area contributed by atoms with E-state index in [2.05, 4.69) is 51.0 Å². The Labute approximate surface area is 124 Å². The molecule has 1 fully saturated rings. The molecule has 0 spiro atoms. The lowest BCUT2D eigenvalue weighted by atomic mass is 10.1. The van der Waals surface area contributed by atoms with Crippen LogP contribution in [0.2, 0.25) is 0 Å². The number of rotatable bonds is 3. The predicted molar refractivity (Wildman–Crippen MR) is 85.8 cm³/mol. The molecule has 1 aromatic carbocycles. The second-order valence-corrected chi connectivity index (χ2v) is 6.47. The zero-order chi connectivity index (χ0) is 13.8. The van der Waals surface area contributed by atoms with Gasteiger partial charge in [0.2, 0.25) is 0 Å². The van der Waals surface area contributed by atoms with Crippen LogP contribution < -0.4 is 10.6 Å². The molecule has 1 heterocycles. The molecule has 1 aliphatic rings. The summed E-state index contributed by atoms with van der Waals surface area (Å²) < 4.78 is 1.19. The summed E-state index contributed by atoms with van der Waals surface area (Å²) in [5, 5.41) is 0. The fraction of sp³-hybridized carbons (Fsp3) is 0.600. The molecular weight excluding hydrogens is 302 g/mol. The first kappa shape index (κ1) is 14.8. The van der Waals surface area contributed by atoms with Gasteiger partial charge >= 0.3 is 0 Å². The fourth-order valence-corrected chi connectivity index (χ4v) is 3.27. The summed E-state index contributed by atoms with van der Waals surface area (Å²) in [5.74, 6) is 0. The molecular formula is C15H24BrN3. The molecule has 1 aliphatic heterocycles. The van der Waals surface area contributed by atoms with Crippen molar-refractivity contribution in [1.82, 2.24) is 4.90 Å². The molecule has 19 heavy (non-hydrogen) atoms. The third-order valence-corrected chi connectivity index (χ3v) is 4.27. The van der Waals surface area contributed by atoms with Gasteiger partial charge in [0.15, 0.2) is 0 Å². The van der Waals surface area contributed by atoms with Gasteiger partial charge in [-0.25, -0.2) is 0 Å². The van der Waals surface area contributed by atoms with Crippen molar-refractivity contribution >= 4 is 21.6 Å². The Morgan fingerprint density at radius 2 is 2.05 bits per heavy atom. The molecule has 1 aromatic rings. The van der Waals surface area contributed by atoms with Crippen LogP contribution in [0.4, 0.5) is 5.69 Å². The highest BCUT2D eigenvalue weighted by Gasteiger charge is 2.15. The van der Waals surface area contributed by atoms with Gasteiger partial charge in [-0.2, -0.15) is 0 Å². The Kier molecular flexibility index (Phi) is 5.25. The van der Waals surface area contributed by atoms with Gasteiger partial charge in [0.05, 0.1) is 5.69 Å². The van der Waals surface area contributed by atoms with E-state index in [-0.39, 0.29) is 6.04 Å². The monoisotopic (exact) mass is 325 g/mol. The minimum Gasteiger partial charge on any atom is -0.369 e. The van der Waals surface area contributed by atoms with Gasteiger partial charge in [-0.15, -0.1) is 0 Å². The lowest BCUT2D eigenvalue weighted by Crippen LogP contribution is -2.29. The van der Waals surface area contributed by atoms with Crippen LogP contribution in [0.15, 0.2) is 22.7 Å². The SMILES string of the molecule is CC(N)Cc1ccc(N2CCCN(C)CC2)c(Br)c1. The van der Waals surface area contributed by atoms with Gasteiger partial charge < -0.3 is 15.5 Å². The first-order valence-corrected chi connectivity index (χ1v) is 7.83. The van der Waals surface area contributed by atoms with E-state index >= 15 is 0 Å². The number of likely N-dealkylation sites (N-methyl/N-ethyl adjacent to an activating group) is 1. The summed E-state index contributed by atoms with van der Waals surface area (Å²) in [6.45, 7) is 6.61. The standard InChI is InChI=1S/C15H24BrN3/c1-12(17)10-13-4-5-15(14(16)11-13)19-7-3-6-18(2)8-9-19/h4-5,11-12H,3,6-10,17H2,1-2H3. The molecule has 106 valence electrons. The first-order chi connectivity index (χ1) is 9.06. The number of nitrogens with zero attached hydrogens (tertiary/aromatic N) is 2. The molecule has 0 saturated carbocycles.